The van der Waals surface area contributed by atoms with E-state index in [1.165, 1.54) is 0 Å². The molecule has 5 nitrogen and oxygen atoms in total. The molecule has 0 spiro atoms. The van der Waals surface area contributed by atoms with Crippen molar-refractivity contribution in [2.24, 2.45) is 0 Å². The number of aryl methyl sites for hydroxylation is 1. The van der Waals surface area contributed by atoms with Crippen LogP contribution < -0.4 is 10.5 Å². The lowest BCUT2D eigenvalue weighted by molar-refractivity contribution is -0.0810. The molecule has 0 unspecified atom stereocenters. The molecule has 2 N–H and O–H groups in total. The van der Waals surface area contributed by atoms with Crippen LogP contribution in [0.4, 0.5) is 5.69 Å². The summed E-state index contributed by atoms with van der Waals surface area (Å²) in [5.41, 5.74) is 6.79. The van der Waals surface area contributed by atoms with Crippen molar-refractivity contribution < 1.29 is 9.47 Å². The topological polar surface area (TPSA) is 70.3 Å². The van der Waals surface area contributed by atoms with Crippen molar-refractivity contribution in [3.05, 3.63) is 11.0 Å². The van der Waals surface area contributed by atoms with E-state index in [1.807, 2.05) is 0 Å². The van der Waals surface area contributed by atoms with Crippen LogP contribution in [0.15, 0.2) is 0 Å². The highest BCUT2D eigenvalue weighted by Gasteiger charge is 2.22. The monoisotopic (exact) mass is 215 g/mol. The van der Waals surface area contributed by atoms with Gasteiger partial charge < -0.3 is 15.2 Å². The van der Waals surface area contributed by atoms with E-state index in [0.717, 1.165) is 0 Å². The predicted molar refractivity (Wildman–Crippen MR) is 51.4 cm³/mol. The Morgan fingerprint density at radius 3 is 2.79 bits per heavy atom. The Morgan fingerprint density at radius 2 is 2.21 bits per heavy atom. The second kappa shape index (κ2) is 3.59. The molecule has 1 aliphatic heterocycles. The molecule has 0 atom stereocenters. The Kier molecular flexibility index (Phi) is 2.43. The lowest BCUT2D eigenvalue weighted by atomic mass is 10.3. The van der Waals surface area contributed by atoms with Gasteiger partial charge in [-0.25, -0.2) is 4.98 Å². The van der Waals surface area contributed by atoms with Crippen LogP contribution in [0.2, 0.25) is 5.28 Å². The van der Waals surface area contributed by atoms with Gasteiger partial charge in [-0.3, -0.25) is 0 Å². The molecule has 1 aromatic rings. The average Bonchev–Trinajstić information content (AvgIpc) is 2.05. The number of nitrogens with zero attached hydrogens (tertiary/aromatic N) is 2. The molecular weight excluding hydrogens is 206 g/mol. The van der Waals surface area contributed by atoms with Crippen LogP contribution in [0, 0.1) is 6.92 Å². The molecule has 0 radical (unpaired) electrons. The summed E-state index contributed by atoms with van der Waals surface area (Å²) in [5.74, 6) is 0.343. The first-order valence-electron chi connectivity index (χ1n) is 4.21. The lowest BCUT2D eigenvalue weighted by Crippen LogP contribution is -2.39. The van der Waals surface area contributed by atoms with Gasteiger partial charge in [-0.2, -0.15) is 4.98 Å². The Morgan fingerprint density at radius 1 is 1.50 bits per heavy atom. The standard InChI is InChI=1S/C8H10ClN3O2/c1-4-6(10)7(12-8(9)11-4)14-5-2-13-3-5/h5H,2-3,10H2,1H3. The van der Waals surface area contributed by atoms with Gasteiger partial charge in [0.25, 0.3) is 0 Å². The van der Waals surface area contributed by atoms with Gasteiger partial charge in [0.15, 0.2) is 0 Å². The summed E-state index contributed by atoms with van der Waals surface area (Å²) < 4.78 is 10.4. The zero-order valence-corrected chi connectivity index (χ0v) is 8.41. The maximum Gasteiger partial charge on any atom is 0.242 e. The molecule has 1 aliphatic rings. The second-order valence-electron chi connectivity index (χ2n) is 3.07. The summed E-state index contributed by atoms with van der Waals surface area (Å²) >= 11 is 5.68. The maximum atomic E-state index is 5.73. The zero-order chi connectivity index (χ0) is 10.1. The van der Waals surface area contributed by atoms with Crippen LogP contribution in [0.1, 0.15) is 5.69 Å². The predicted octanol–water partition coefficient (Wildman–Crippen LogP) is 0.798. The first kappa shape index (κ1) is 9.48. The van der Waals surface area contributed by atoms with E-state index in [9.17, 15) is 0 Å². The summed E-state index contributed by atoms with van der Waals surface area (Å²) in [7, 11) is 0. The third kappa shape index (κ3) is 1.73. The highest BCUT2D eigenvalue weighted by atomic mass is 35.5. The van der Waals surface area contributed by atoms with Gasteiger partial charge in [0.1, 0.15) is 11.8 Å². The molecule has 0 saturated carbocycles. The van der Waals surface area contributed by atoms with Crippen molar-refractivity contribution in [1.82, 2.24) is 9.97 Å². The first-order valence-corrected chi connectivity index (χ1v) is 4.58. The van der Waals surface area contributed by atoms with Crippen molar-refractivity contribution in [3.8, 4) is 5.88 Å². The van der Waals surface area contributed by atoms with E-state index in [-0.39, 0.29) is 11.4 Å². The second-order valence-corrected chi connectivity index (χ2v) is 3.41. The largest absolute Gasteiger partial charge is 0.468 e. The number of halogens is 1. The molecule has 2 heterocycles. The van der Waals surface area contributed by atoms with E-state index < -0.39 is 0 Å². The number of nitrogens with two attached hydrogens (primary N) is 1. The summed E-state index contributed by atoms with van der Waals surface area (Å²) in [4.78, 5) is 7.81. The number of anilines is 1. The Balaban J connectivity index is 2.22. The van der Waals surface area contributed by atoms with E-state index in [2.05, 4.69) is 9.97 Å². The minimum absolute atomic E-state index is 0.0302. The molecule has 76 valence electrons. The third-order valence-electron chi connectivity index (χ3n) is 1.96. The Hall–Kier alpha value is -1.07. The van der Waals surface area contributed by atoms with Crippen molar-refractivity contribution in [2.75, 3.05) is 18.9 Å². The summed E-state index contributed by atoms with van der Waals surface area (Å²) in [6.45, 7) is 2.90. The van der Waals surface area contributed by atoms with Gasteiger partial charge in [-0.1, -0.05) is 0 Å². The van der Waals surface area contributed by atoms with Crippen molar-refractivity contribution in [3.63, 3.8) is 0 Å². The molecule has 14 heavy (non-hydrogen) atoms. The van der Waals surface area contributed by atoms with Crippen LogP contribution in [0.3, 0.4) is 0 Å². The van der Waals surface area contributed by atoms with Gasteiger partial charge in [-0.15, -0.1) is 0 Å². The zero-order valence-electron chi connectivity index (χ0n) is 7.66. The molecule has 1 fully saturated rings. The molecule has 0 amide bonds. The number of ether oxygens (including phenoxy) is 2. The van der Waals surface area contributed by atoms with E-state index in [1.54, 1.807) is 6.92 Å². The van der Waals surface area contributed by atoms with Gasteiger partial charge in [0, 0.05) is 0 Å². The van der Waals surface area contributed by atoms with Gasteiger partial charge in [0.05, 0.1) is 18.9 Å². The van der Waals surface area contributed by atoms with E-state index >= 15 is 0 Å². The fourth-order valence-electron chi connectivity index (χ4n) is 1.05. The normalized spacial score (nSPS) is 16.4. The SMILES string of the molecule is Cc1nc(Cl)nc(OC2COC2)c1N. The fourth-order valence-corrected chi connectivity index (χ4v) is 1.26. The molecule has 0 aliphatic carbocycles. The van der Waals surface area contributed by atoms with Gasteiger partial charge in [0.2, 0.25) is 11.2 Å². The highest BCUT2D eigenvalue weighted by molar-refractivity contribution is 6.28. The van der Waals surface area contributed by atoms with E-state index in [4.69, 9.17) is 26.8 Å². The van der Waals surface area contributed by atoms with Crippen molar-refractivity contribution in [2.45, 2.75) is 13.0 Å². The highest BCUT2D eigenvalue weighted by Crippen LogP contribution is 2.25. The Labute approximate surface area is 86.2 Å². The van der Waals surface area contributed by atoms with Gasteiger partial charge in [-0.05, 0) is 18.5 Å². The minimum Gasteiger partial charge on any atom is -0.468 e. The summed E-state index contributed by atoms with van der Waals surface area (Å²) in [6.07, 6.45) is 0.0302. The van der Waals surface area contributed by atoms with Gasteiger partial charge >= 0.3 is 0 Å². The number of rotatable bonds is 2. The fraction of sp³-hybridized carbons (Fsp3) is 0.500. The molecule has 6 heteroatoms. The summed E-state index contributed by atoms with van der Waals surface area (Å²) in [6, 6.07) is 0. The van der Waals surface area contributed by atoms with Crippen LogP contribution in [0.5, 0.6) is 5.88 Å². The van der Waals surface area contributed by atoms with Crippen LogP contribution in [0.25, 0.3) is 0 Å². The Bertz CT molecular complexity index is 355. The first-order chi connectivity index (χ1) is 6.66. The average molecular weight is 216 g/mol. The van der Waals surface area contributed by atoms with Crippen LogP contribution >= 0.6 is 11.6 Å². The molecular formula is C8H10ClN3O2. The minimum atomic E-state index is 0.0302. The van der Waals surface area contributed by atoms with Crippen molar-refractivity contribution in [1.29, 1.82) is 0 Å². The third-order valence-corrected chi connectivity index (χ3v) is 2.13. The number of hydrogen-bond acceptors (Lipinski definition) is 5. The molecule has 0 aromatic carbocycles. The maximum absolute atomic E-state index is 5.73. The molecule has 1 saturated heterocycles. The smallest absolute Gasteiger partial charge is 0.242 e. The molecule has 1 aromatic heterocycles. The summed E-state index contributed by atoms with van der Waals surface area (Å²) in [5, 5.41) is 0.145. The number of hydrogen-bond donors (Lipinski definition) is 1. The quantitative estimate of drug-likeness (QED) is 0.739. The van der Waals surface area contributed by atoms with Crippen LogP contribution in [-0.4, -0.2) is 29.3 Å². The van der Waals surface area contributed by atoms with E-state index in [0.29, 0.717) is 30.5 Å². The lowest BCUT2D eigenvalue weighted by Gasteiger charge is -2.26. The van der Waals surface area contributed by atoms with Crippen LogP contribution in [-0.2, 0) is 4.74 Å². The number of nitrogen functional groups attached to an aromatic ring is 1. The molecule has 0 bridgehead atoms. The molecule has 2 rings (SSSR count). The van der Waals surface area contributed by atoms with Crippen molar-refractivity contribution >= 4 is 17.3 Å². The number of aromatic nitrogens is 2.